The van der Waals surface area contributed by atoms with E-state index in [1.54, 1.807) is 6.33 Å². The van der Waals surface area contributed by atoms with E-state index in [4.69, 9.17) is 4.74 Å². The van der Waals surface area contributed by atoms with E-state index in [9.17, 15) is 0 Å². The molecule has 1 N–H and O–H groups in total. The molecule has 25 heavy (non-hydrogen) atoms. The zero-order valence-corrected chi connectivity index (χ0v) is 15.5. The van der Waals surface area contributed by atoms with E-state index in [0.717, 1.165) is 44.2 Å². The van der Waals surface area contributed by atoms with Gasteiger partial charge >= 0.3 is 0 Å². The van der Waals surface area contributed by atoms with Crippen molar-refractivity contribution >= 4 is 5.82 Å². The molecule has 3 fully saturated rings. The second kappa shape index (κ2) is 7.58. The van der Waals surface area contributed by atoms with Crippen molar-refractivity contribution in [3.8, 4) is 0 Å². The lowest BCUT2D eigenvalue weighted by molar-refractivity contribution is 0.00219. The first-order chi connectivity index (χ1) is 12.3. The number of aromatic nitrogens is 2. The summed E-state index contributed by atoms with van der Waals surface area (Å²) < 4.78 is 5.64. The van der Waals surface area contributed by atoms with Crippen LogP contribution in [0.5, 0.6) is 0 Å². The first-order valence-corrected chi connectivity index (χ1v) is 10.2. The minimum absolute atomic E-state index is 0.505. The number of ether oxygens (including phenoxy) is 1. The highest BCUT2D eigenvalue weighted by Gasteiger charge is 2.44. The van der Waals surface area contributed by atoms with E-state index < -0.39 is 0 Å². The molecule has 2 saturated heterocycles. The number of nitrogens with zero attached hydrogens (tertiary/aromatic N) is 3. The Morgan fingerprint density at radius 2 is 2.08 bits per heavy atom. The van der Waals surface area contributed by atoms with E-state index >= 15 is 0 Å². The van der Waals surface area contributed by atoms with Crippen LogP contribution >= 0.6 is 0 Å². The van der Waals surface area contributed by atoms with Crippen molar-refractivity contribution in [3.05, 3.63) is 18.1 Å². The fraction of sp³-hybridized carbons (Fsp3) is 0.800. The molecule has 3 heterocycles. The molecule has 0 aromatic carbocycles. The van der Waals surface area contributed by atoms with Gasteiger partial charge in [-0.3, -0.25) is 0 Å². The Hall–Kier alpha value is -1.20. The molecule has 1 aromatic rings. The van der Waals surface area contributed by atoms with Crippen LogP contribution in [0.15, 0.2) is 12.4 Å². The lowest BCUT2D eigenvalue weighted by atomic mass is 9.75. The number of piperidine rings is 1. The van der Waals surface area contributed by atoms with Gasteiger partial charge in [-0.2, -0.15) is 0 Å². The topological polar surface area (TPSA) is 50.3 Å². The molecule has 1 aromatic heterocycles. The highest BCUT2D eigenvalue weighted by molar-refractivity contribution is 5.39. The fourth-order valence-electron chi connectivity index (χ4n) is 5.13. The molecule has 0 radical (unpaired) electrons. The Balaban J connectivity index is 1.41. The molecule has 5 nitrogen and oxygen atoms in total. The SMILES string of the molecule is CCc1cc(N2CCCC(NC3CCCC34CCOCC4)C2)ncn1. The highest BCUT2D eigenvalue weighted by Crippen LogP contribution is 2.46. The van der Waals surface area contributed by atoms with Crippen molar-refractivity contribution < 1.29 is 4.74 Å². The number of aryl methyl sites for hydroxylation is 1. The summed E-state index contributed by atoms with van der Waals surface area (Å²) in [6.07, 6.45) is 11.8. The molecule has 5 heteroatoms. The van der Waals surface area contributed by atoms with E-state index in [2.05, 4.69) is 33.2 Å². The molecule has 4 rings (SSSR count). The van der Waals surface area contributed by atoms with Crippen molar-refractivity contribution in [2.75, 3.05) is 31.2 Å². The predicted octanol–water partition coefficient (Wildman–Crippen LogP) is 2.95. The first-order valence-electron chi connectivity index (χ1n) is 10.2. The zero-order chi connectivity index (χ0) is 17.1. The third-order valence-electron chi connectivity index (χ3n) is 6.65. The third-order valence-corrected chi connectivity index (χ3v) is 6.65. The minimum atomic E-state index is 0.505. The van der Waals surface area contributed by atoms with Crippen LogP contribution in [-0.2, 0) is 11.2 Å². The van der Waals surface area contributed by atoms with Crippen molar-refractivity contribution in [2.24, 2.45) is 5.41 Å². The van der Waals surface area contributed by atoms with Gasteiger partial charge in [0.1, 0.15) is 12.1 Å². The van der Waals surface area contributed by atoms with Gasteiger partial charge in [0.2, 0.25) is 0 Å². The van der Waals surface area contributed by atoms with Gasteiger partial charge in [-0.15, -0.1) is 0 Å². The minimum Gasteiger partial charge on any atom is -0.381 e. The van der Waals surface area contributed by atoms with E-state index in [0.29, 0.717) is 17.5 Å². The zero-order valence-electron chi connectivity index (χ0n) is 15.5. The summed E-state index contributed by atoms with van der Waals surface area (Å²) in [5.74, 6) is 1.10. The van der Waals surface area contributed by atoms with Crippen LogP contribution in [0.1, 0.15) is 57.6 Å². The Bertz CT molecular complexity index is 573. The summed E-state index contributed by atoms with van der Waals surface area (Å²) in [5.41, 5.74) is 1.64. The van der Waals surface area contributed by atoms with Crippen molar-refractivity contribution in [3.63, 3.8) is 0 Å². The van der Waals surface area contributed by atoms with Gasteiger partial charge in [0, 0.05) is 50.1 Å². The average molecular weight is 345 g/mol. The van der Waals surface area contributed by atoms with Gasteiger partial charge in [0.25, 0.3) is 0 Å². The molecule has 3 aliphatic rings. The molecular formula is C20H32N4O. The summed E-state index contributed by atoms with van der Waals surface area (Å²) in [4.78, 5) is 11.3. The molecule has 1 spiro atoms. The molecule has 0 amide bonds. The molecule has 138 valence electrons. The molecular weight excluding hydrogens is 312 g/mol. The van der Waals surface area contributed by atoms with Crippen LogP contribution < -0.4 is 10.2 Å². The average Bonchev–Trinajstić information content (AvgIpc) is 3.04. The van der Waals surface area contributed by atoms with Crippen LogP contribution in [0.2, 0.25) is 0 Å². The third kappa shape index (κ3) is 3.68. The Morgan fingerprint density at radius 1 is 1.20 bits per heavy atom. The Morgan fingerprint density at radius 3 is 2.92 bits per heavy atom. The first kappa shape index (κ1) is 17.2. The summed E-state index contributed by atoms with van der Waals surface area (Å²) in [7, 11) is 0. The van der Waals surface area contributed by atoms with E-state index in [1.807, 2.05) is 0 Å². The second-order valence-corrected chi connectivity index (χ2v) is 8.09. The Kier molecular flexibility index (Phi) is 5.23. The molecule has 0 bridgehead atoms. The summed E-state index contributed by atoms with van der Waals surface area (Å²) in [6, 6.07) is 3.42. The lowest BCUT2D eigenvalue weighted by Crippen LogP contribution is -2.54. The highest BCUT2D eigenvalue weighted by atomic mass is 16.5. The maximum atomic E-state index is 5.64. The molecule has 2 aliphatic heterocycles. The van der Waals surface area contributed by atoms with E-state index in [-0.39, 0.29) is 0 Å². The lowest BCUT2D eigenvalue weighted by Gasteiger charge is -2.43. The van der Waals surface area contributed by atoms with Crippen LogP contribution in [0.3, 0.4) is 0 Å². The number of hydrogen-bond acceptors (Lipinski definition) is 5. The smallest absolute Gasteiger partial charge is 0.132 e. The van der Waals surface area contributed by atoms with Crippen molar-refractivity contribution in [1.82, 2.24) is 15.3 Å². The van der Waals surface area contributed by atoms with Gasteiger partial charge in [0.05, 0.1) is 0 Å². The molecule has 2 atom stereocenters. The van der Waals surface area contributed by atoms with Gasteiger partial charge in [-0.05, 0) is 50.4 Å². The van der Waals surface area contributed by atoms with Crippen molar-refractivity contribution in [1.29, 1.82) is 0 Å². The fourth-order valence-corrected chi connectivity index (χ4v) is 5.13. The summed E-state index contributed by atoms with van der Waals surface area (Å²) >= 11 is 0. The van der Waals surface area contributed by atoms with Crippen LogP contribution in [0, 0.1) is 5.41 Å². The number of hydrogen-bond donors (Lipinski definition) is 1. The summed E-state index contributed by atoms with van der Waals surface area (Å²) in [6.45, 7) is 6.25. The standard InChI is InChI=1S/C20H32N4O/c1-2-16-13-19(22-15-21-16)24-10-4-5-17(14-24)23-18-6-3-7-20(18)8-11-25-12-9-20/h13,15,17-18,23H,2-12,14H2,1H3. The number of rotatable bonds is 4. The normalized spacial score (nSPS) is 29.2. The Labute approximate surface area is 151 Å². The maximum absolute atomic E-state index is 5.64. The van der Waals surface area contributed by atoms with Crippen LogP contribution in [0.25, 0.3) is 0 Å². The quantitative estimate of drug-likeness (QED) is 0.910. The molecule has 2 unspecified atom stereocenters. The predicted molar refractivity (Wildman–Crippen MR) is 99.9 cm³/mol. The second-order valence-electron chi connectivity index (χ2n) is 8.09. The number of anilines is 1. The maximum Gasteiger partial charge on any atom is 0.132 e. The summed E-state index contributed by atoms with van der Waals surface area (Å²) in [5, 5.41) is 4.07. The van der Waals surface area contributed by atoms with Crippen molar-refractivity contribution in [2.45, 2.75) is 70.4 Å². The largest absolute Gasteiger partial charge is 0.381 e. The van der Waals surface area contributed by atoms with Gasteiger partial charge in [0.15, 0.2) is 0 Å². The van der Waals surface area contributed by atoms with Crippen LogP contribution in [-0.4, -0.2) is 48.4 Å². The van der Waals surface area contributed by atoms with Gasteiger partial charge in [-0.25, -0.2) is 9.97 Å². The van der Waals surface area contributed by atoms with E-state index in [1.165, 1.54) is 44.9 Å². The van der Waals surface area contributed by atoms with Gasteiger partial charge < -0.3 is 15.0 Å². The monoisotopic (exact) mass is 344 g/mol. The molecule has 1 aliphatic carbocycles. The number of nitrogens with one attached hydrogen (secondary N) is 1. The molecule has 1 saturated carbocycles. The van der Waals surface area contributed by atoms with Crippen LogP contribution in [0.4, 0.5) is 5.82 Å². The van der Waals surface area contributed by atoms with Gasteiger partial charge in [-0.1, -0.05) is 13.3 Å².